The first-order valence-electron chi connectivity index (χ1n) is 13.5. The topological polar surface area (TPSA) is 112 Å². The molecule has 4 aliphatic heterocycles. The van der Waals surface area contributed by atoms with Crippen molar-refractivity contribution in [1.29, 1.82) is 0 Å². The number of aliphatic imine (C=N–C) groups is 1. The van der Waals surface area contributed by atoms with Crippen molar-refractivity contribution in [3.8, 4) is 5.75 Å². The van der Waals surface area contributed by atoms with Gasteiger partial charge in [0.25, 0.3) is 0 Å². The summed E-state index contributed by atoms with van der Waals surface area (Å²) in [6.07, 6.45) is 5.73. The van der Waals surface area contributed by atoms with Gasteiger partial charge in [-0.25, -0.2) is 9.79 Å². The van der Waals surface area contributed by atoms with Gasteiger partial charge in [0.05, 0.1) is 13.2 Å². The molecule has 42 heavy (non-hydrogen) atoms. The normalized spacial score (nSPS) is 19.9. The maximum atomic E-state index is 10.6. The Bertz CT molecular complexity index is 1390. The van der Waals surface area contributed by atoms with E-state index in [4.69, 9.17) is 24.4 Å². The summed E-state index contributed by atoms with van der Waals surface area (Å²) >= 11 is 0. The van der Waals surface area contributed by atoms with Crippen molar-refractivity contribution in [1.82, 2.24) is 20.5 Å². The highest BCUT2D eigenvalue weighted by molar-refractivity contribution is 5.85. The fraction of sp³-hybridized carbons (Fsp3) is 0.345. The highest BCUT2D eigenvalue weighted by Crippen LogP contribution is 2.40. The van der Waals surface area contributed by atoms with Gasteiger partial charge in [-0.1, -0.05) is 18.2 Å². The van der Waals surface area contributed by atoms with Gasteiger partial charge in [-0.15, -0.1) is 0 Å². The van der Waals surface area contributed by atoms with E-state index in [-0.39, 0.29) is 6.04 Å². The minimum atomic E-state index is -5.08. The number of alkyl halides is 3. The molecule has 1 saturated heterocycles. The number of hydrogen-bond donors (Lipinski definition) is 3. The van der Waals surface area contributed by atoms with Gasteiger partial charge in [0.2, 0.25) is 5.96 Å². The maximum absolute atomic E-state index is 10.6. The number of aliphatic carboxylic acids is 1. The largest absolute Gasteiger partial charge is 0.490 e. The van der Waals surface area contributed by atoms with Crippen molar-refractivity contribution in [2.75, 3.05) is 50.9 Å². The molecule has 6 rings (SSSR count). The van der Waals surface area contributed by atoms with Crippen molar-refractivity contribution in [3.05, 3.63) is 89.7 Å². The number of ether oxygens (including phenoxy) is 2. The van der Waals surface area contributed by atoms with Crippen LogP contribution in [0.15, 0.2) is 89.1 Å². The van der Waals surface area contributed by atoms with E-state index < -0.39 is 12.1 Å². The third-order valence-electron chi connectivity index (χ3n) is 6.99. The van der Waals surface area contributed by atoms with Gasteiger partial charge in [0.1, 0.15) is 24.2 Å². The van der Waals surface area contributed by atoms with Gasteiger partial charge in [0.15, 0.2) is 0 Å². The number of carboxylic acid groups (broad SMARTS) is 1. The molecule has 13 heteroatoms. The van der Waals surface area contributed by atoms with E-state index in [0.717, 1.165) is 61.4 Å². The smallest absolute Gasteiger partial charge is 0.489 e. The number of morpholine rings is 1. The van der Waals surface area contributed by atoms with Crippen LogP contribution in [0.4, 0.5) is 18.9 Å². The Morgan fingerprint density at radius 3 is 2.60 bits per heavy atom. The second-order valence-electron chi connectivity index (χ2n) is 9.75. The molecule has 1 aromatic heterocycles. The van der Waals surface area contributed by atoms with Crippen molar-refractivity contribution in [3.63, 3.8) is 0 Å². The number of nitrogens with one attached hydrogen (secondary N) is 2. The summed E-state index contributed by atoms with van der Waals surface area (Å²) in [5.74, 6) is 0.152. The van der Waals surface area contributed by atoms with Gasteiger partial charge in [-0.3, -0.25) is 4.98 Å². The number of hydrogen-bond acceptors (Lipinski definition) is 9. The molecule has 0 aliphatic carbocycles. The van der Waals surface area contributed by atoms with Crippen LogP contribution in [0.25, 0.3) is 0 Å². The molecule has 1 aromatic carbocycles. The summed E-state index contributed by atoms with van der Waals surface area (Å²) in [7, 11) is 0. The van der Waals surface area contributed by atoms with Gasteiger partial charge < -0.3 is 35.0 Å². The molecule has 0 radical (unpaired) electrons. The summed E-state index contributed by atoms with van der Waals surface area (Å²) < 4.78 is 43.5. The minimum Gasteiger partial charge on any atom is -0.489 e. The Hall–Kier alpha value is -4.52. The number of carboxylic acids is 1. The van der Waals surface area contributed by atoms with Crippen LogP contribution in [0.2, 0.25) is 0 Å². The Morgan fingerprint density at radius 1 is 1.14 bits per heavy atom. The molecule has 0 spiro atoms. The van der Waals surface area contributed by atoms with Gasteiger partial charge >= 0.3 is 12.1 Å². The van der Waals surface area contributed by atoms with Crippen LogP contribution in [0.1, 0.15) is 18.0 Å². The zero-order valence-electron chi connectivity index (χ0n) is 22.7. The minimum absolute atomic E-state index is 0.0579. The fourth-order valence-electron chi connectivity index (χ4n) is 4.92. The molecule has 3 N–H and O–H groups in total. The van der Waals surface area contributed by atoms with Crippen LogP contribution in [-0.4, -0.2) is 79.1 Å². The number of carbonyl (C=O) groups is 1. The Morgan fingerprint density at radius 2 is 1.90 bits per heavy atom. The number of halogens is 3. The number of rotatable bonds is 5. The summed E-state index contributed by atoms with van der Waals surface area (Å²) in [4.78, 5) is 23.0. The highest BCUT2D eigenvalue weighted by Gasteiger charge is 2.38. The Balaban J connectivity index is 0.000000451. The number of aromatic nitrogens is 1. The van der Waals surface area contributed by atoms with Crippen molar-refractivity contribution in [2.24, 2.45) is 4.99 Å². The second kappa shape index (κ2) is 13.0. The van der Waals surface area contributed by atoms with E-state index in [2.05, 4.69) is 67.9 Å². The van der Waals surface area contributed by atoms with Crippen LogP contribution in [0.3, 0.4) is 0 Å². The standard InChI is InChI=1S/C27H30N6O2.C2HF3O2/c1-2-21(18-23(3-1)35-19-20-4-9-28-10-5-20)25-24-8-13-33(22-6-11-29-12-7-22)26(24)31-27(30-25)32-14-16-34-17-15-32;3-2(4,5)1(6)7/h1-7,9,11-12,18,25,28H,8,10,13-17,19H2,(H,30,31);(H,6,7). The Labute approximate surface area is 240 Å². The summed E-state index contributed by atoms with van der Waals surface area (Å²) in [6, 6.07) is 12.5. The van der Waals surface area contributed by atoms with Crippen molar-refractivity contribution in [2.45, 2.75) is 18.6 Å². The van der Waals surface area contributed by atoms with Gasteiger partial charge in [-0.2, -0.15) is 13.2 Å². The molecule has 1 unspecified atom stereocenters. The predicted octanol–water partition coefficient (Wildman–Crippen LogP) is 3.59. The van der Waals surface area contributed by atoms with Crippen molar-refractivity contribution < 1.29 is 32.5 Å². The summed E-state index contributed by atoms with van der Waals surface area (Å²) in [5, 5.41) is 14.0. The van der Waals surface area contributed by atoms with Crippen LogP contribution in [0, 0.1) is 0 Å². The van der Waals surface area contributed by atoms with Gasteiger partial charge in [-0.05, 0) is 54.1 Å². The lowest BCUT2D eigenvalue weighted by atomic mass is 9.97. The highest BCUT2D eigenvalue weighted by atomic mass is 19.4. The molecule has 0 amide bonds. The molecule has 4 aliphatic rings. The van der Waals surface area contributed by atoms with Crippen molar-refractivity contribution >= 4 is 17.6 Å². The van der Waals surface area contributed by atoms with Crippen LogP contribution in [0.5, 0.6) is 5.75 Å². The maximum Gasteiger partial charge on any atom is 0.490 e. The first kappa shape index (κ1) is 29.0. The van der Waals surface area contributed by atoms with E-state index in [1.54, 1.807) is 0 Å². The first-order chi connectivity index (χ1) is 20.3. The number of nitrogens with zero attached hydrogens (tertiary/aromatic N) is 4. The second-order valence-corrected chi connectivity index (χ2v) is 9.75. The lowest BCUT2D eigenvalue weighted by Gasteiger charge is -2.36. The number of anilines is 1. The zero-order valence-corrected chi connectivity index (χ0v) is 22.7. The summed E-state index contributed by atoms with van der Waals surface area (Å²) in [5.41, 5.74) is 4.77. The third kappa shape index (κ3) is 7.03. The SMILES string of the molecule is C1=CC(COc2cccc(C3N=C(N4CCOCC4)NC4=C3CCN4c3ccncc3)c2)=CCN1.O=C(O)C(F)(F)F. The molecule has 10 nitrogen and oxygen atoms in total. The van der Waals surface area contributed by atoms with E-state index in [1.165, 1.54) is 11.1 Å². The molecule has 2 aromatic rings. The number of dihydropyridines is 1. The average Bonchev–Trinajstić information content (AvgIpc) is 3.45. The zero-order chi connectivity index (χ0) is 29.5. The monoisotopic (exact) mass is 584 g/mol. The van der Waals surface area contributed by atoms with E-state index in [0.29, 0.717) is 19.8 Å². The molecule has 222 valence electrons. The van der Waals surface area contributed by atoms with Crippen LogP contribution in [-0.2, 0) is 9.53 Å². The van der Waals surface area contributed by atoms with Crippen LogP contribution >= 0.6 is 0 Å². The number of pyridine rings is 1. The van der Waals surface area contributed by atoms with E-state index >= 15 is 0 Å². The average molecular weight is 585 g/mol. The molecule has 1 atom stereocenters. The Kier molecular flexibility index (Phi) is 8.96. The molecular formula is C29H31F3N6O4. The van der Waals surface area contributed by atoms with Crippen LogP contribution < -0.4 is 20.3 Å². The fourth-order valence-corrected chi connectivity index (χ4v) is 4.92. The van der Waals surface area contributed by atoms with E-state index in [1.807, 2.05) is 24.7 Å². The predicted molar refractivity (Wildman–Crippen MR) is 150 cm³/mol. The number of guanidine groups is 1. The summed E-state index contributed by atoms with van der Waals surface area (Å²) in [6.45, 7) is 5.40. The first-order valence-corrected chi connectivity index (χ1v) is 13.5. The molecule has 0 saturated carbocycles. The molecule has 0 bridgehead atoms. The molecular weight excluding hydrogens is 553 g/mol. The number of benzene rings is 1. The molecule has 1 fully saturated rings. The molecule has 5 heterocycles. The van der Waals surface area contributed by atoms with E-state index in [9.17, 15) is 13.2 Å². The lowest BCUT2D eigenvalue weighted by molar-refractivity contribution is -0.192. The van der Waals surface area contributed by atoms with Gasteiger partial charge in [0, 0.05) is 49.8 Å². The third-order valence-corrected chi connectivity index (χ3v) is 6.99. The quantitative estimate of drug-likeness (QED) is 0.486. The lowest BCUT2D eigenvalue weighted by Crippen LogP contribution is -2.50.